The van der Waals surface area contributed by atoms with E-state index < -0.39 is 0 Å². The van der Waals surface area contributed by atoms with E-state index in [-0.39, 0.29) is 22.4 Å². The summed E-state index contributed by atoms with van der Waals surface area (Å²) in [5.41, 5.74) is 2.86. The van der Waals surface area contributed by atoms with Gasteiger partial charge >= 0.3 is 0 Å². The maximum absolute atomic E-state index is 11.0. The van der Waals surface area contributed by atoms with Gasteiger partial charge in [-0.3, -0.25) is 9.59 Å². The molecular formula is C20H30N2O4. The molecule has 2 aliphatic carbocycles. The fourth-order valence-electron chi connectivity index (χ4n) is 3.33. The van der Waals surface area contributed by atoms with Crippen LogP contribution in [-0.4, -0.2) is 23.7 Å². The summed E-state index contributed by atoms with van der Waals surface area (Å²) in [6.07, 6.45) is 8.60. The van der Waals surface area contributed by atoms with Gasteiger partial charge in [-0.1, -0.05) is 38.8 Å². The smallest absolute Gasteiger partial charge is 0.231 e. The Morgan fingerprint density at radius 2 is 0.962 bits per heavy atom. The van der Waals surface area contributed by atoms with Crippen LogP contribution in [0.5, 0.6) is 0 Å². The summed E-state index contributed by atoms with van der Waals surface area (Å²) in [4.78, 5) is 38.7. The van der Waals surface area contributed by atoms with Gasteiger partial charge in [0.2, 0.25) is 12.2 Å². The van der Waals surface area contributed by atoms with Gasteiger partial charge in [-0.2, -0.15) is 0 Å². The first kappa shape index (κ1) is 25.8. The molecule has 0 aliphatic heterocycles. The maximum atomic E-state index is 11.0. The first-order valence-corrected chi connectivity index (χ1v) is 8.30. The normalized spacial score (nSPS) is 19.3. The van der Waals surface area contributed by atoms with E-state index in [9.17, 15) is 9.59 Å². The first-order chi connectivity index (χ1) is 11.8. The van der Waals surface area contributed by atoms with E-state index in [2.05, 4.69) is 27.7 Å². The van der Waals surface area contributed by atoms with Crippen LogP contribution < -0.4 is 0 Å². The number of hydrogen-bond donors (Lipinski definition) is 2. The van der Waals surface area contributed by atoms with Crippen molar-refractivity contribution in [1.29, 1.82) is 10.8 Å². The van der Waals surface area contributed by atoms with Crippen LogP contribution in [0.3, 0.4) is 0 Å². The minimum Gasteiger partial charge on any atom is -0.295 e. The molecule has 0 aromatic rings. The number of ketones is 2. The van der Waals surface area contributed by atoms with E-state index >= 15 is 0 Å². The Kier molecular flexibility index (Phi) is 11.9. The average molecular weight is 362 g/mol. The van der Waals surface area contributed by atoms with E-state index in [0.717, 1.165) is 25.0 Å². The van der Waals surface area contributed by atoms with E-state index in [4.69, 9.17) is 20.4 Å². The molecule has 6 nitrogen and oxygen atoms in total. The number of isocyanates is 2. The number of carbonyl (C=O) groups is 2. The Morgan fingerprint density at radius 3 is 1.12 bits per heavy atom. The standard InChI is InChI=1S/2C9H14O.2CHNO/c2*1-7-4-8(10)6-9(2,3)5-7;2*2-1-3/h2*4H,5-6H2,1-3H3;2*2H. The molecule has 0 fully saturated rings. The van der Waals surface area contributed by atoms with Gasteiger partial charge in [0.15, 0.2) is 11.6 Å². The Morgan fingerprint density at radius 1 is 0.731 bits per heavy atom. The topological polar surface area (TPSA) is 116 Å². The molecule has 0 saturated heterocycles. The molecule has 0 unspecified atom stereocenters. The molecule has 0 atom stereocenters. The zero-order chi connectivity index (χ0) is 21.0. The van der Waals surface area contributed by atoms with Crippen LogP contribution in [0.2, 0.25) is 0 Å². The molecule has 0 saturated carbocycles. The predicted molar refractivity (Wildman–Crippen MR) is 100 cm³/mol. The summed E-state index contributed by atoms with van der Waals surface area (Å²) < 4.78 is 0. The molecule has 0 aromatic carbocycles. The van der Waals surface area contributed by atoms with Gasteiger partial charge in [-0.15, -0.1) is 0 Å². The molecule has 0 aromatic heterocycles. The quantitative estimate of drug-likeness (QED) is 0.489. The molecule has 26 heavy (non-hydrogen) atoms. The highest BCUT2D eigenvalue weighted by atomic mass is 16.1. The second-order valence-corrected chi connectivity index (χ2v) is 8.15. The lowest BCUT2D eigenvalue weighted by Gasteiger charge is -2.27. The van der Waals surface area contributed by atoms with Crippen molar-refractivity contribution in [2.24, 2.45) is 10.8 Å². The lowest BCUT2D eigenvalue weighted by molar-refractivity contribution is -0.117. The van der Waals surface area contributed by atoms with Crippen LogP contribution in [0.4, 0.5) is 0 Å². The minimum atomic E-state index is 0.204. The zero-order valence-electron chi connectivity index (χ0n) is 16.6. The van der Waals surface area contributed by atoms with E-state index in [1.54, 1.807) is 12.2 Å². The predicted octanol–water partition coefficient (Wildman–Crippen LogP) is 4.45. The molecule has 144 valence electrons. The highest BCUT2D eigenvalue weighted by molar-refractivity contribution is 5.92. The van der Waals surface area contributed by atoms with Crippen molar-refractivity contribution >= 4 is 23.7 Å². The van der Waals surface area contributed by atoms with Gasteiger partial charge in [0.1, 0.15) is 0 Å². The molecular weight excluding hydrogens is 332 g/mol. The zero-order valence-corrected chi connectivity index (χ0v) is 16.6. The number of hydrogen-bond acceptors (Lipinski definition) is 6. The summed E-state index contributed by atoms with van der Waals surface area (Å²) in [6.45, 7) is 12.6. The van der Waals surface area contributed by atoms with Crippen LogP contribution in [0.1, 0.15) is 67.2 Å². The summed E-state index contributed by atoms with van der Waals surface area (Å²) in [6, 6.07) is 0. The van der Waals surface area contributed by atoms with E-state index in [1.807, 2.05) is 13.8 Å². The minimum absolute atomic E-state index is 0.204. The van der Waals surface area contributed by atoms with Crippen molar-refractivity contribution in [2.75, 3.05) is 0 Å². The third-order valence-corrected chi connectivity index (χ3v) is 3.64. The van der Waals surface area contributed by atoms with Crippen molar-refractivity contribution in [3.05, 3.63) is 23.3 Å². The first-order valence-electron chi connectivity index (χ1n) is 8.30. The number of allylic oxidation sites excluding steroid dienone is 4. The molecule has 2 N–H and O–H groups in total. The summed E-state index contributed by atoms with van der Waals surface area (Å²) in [5, 5.41) is 10.8. The molecule has 2 rings (SSSR count). The molecule has 2 aliphatic rings. The van der Waals surface area contributed by atoms with Gasteiger partial charge < -0.3 is 0 Å². The third kappa shape index (κ3) is 14.0. The fraction of sp³-hybridized carbons (Fsp3) is 0.600. The second kappa shape index (κ2) is 12.0. The van der Waals surface area contributed by atoms with Crippen LogP contribution in [-0.2, 0) is 19.2 Å². The summed E-state index contributed by atoms with van der Waals surface area (Å²) in [7, 11) is 0. The van der Waals surface area contributed by atoms with Crippen LogP contribution in [0.25, 0.3) is 0 Å². The van der Waals surface area contributed by atoms with Gasteiger partial charge in [0.25, 0.3) is 0 Å². The van der Waals surface area contributed by atoms with Crippen molar-refractivity contribution in [1.82, 2.24) is 0 Å². The lowest BCUT2D eigenvalue weighted by atomic mass is 9.77. The van der Waals surface area contributed by atoms with Gasteiger partial charge in [-0.25, -0.2) is 20.4 Å². The van der Waals surface area contributed by atoms with Gasteiger partial charge in [0.05, 0.1) is 0 Å². The van der Waals surface area contributed by atoms with E-state index in [0.29, 0.717) is 12.8 Å². The molecule has 0 amide bonds. The van der Waals surface area contributed by atoms with Crippen molar-refractivity contribution in [2.45, 2.75) is 67.2 Å². The van der Waals surface area contributed by atoms with Gasteiger partial charge in [0, 0.05) is 12.8 Å². The molecule has 0 bridgehead atoms. The van der Waals surface area contributed by atoms with Crippen molar-refractivity contribution < 1.29 is 19.2 Å². The van der Waals surface area contributed by atoms with Crippen LogP contribution in [0.15, 0.2) is 23.3 Å². The third-order valence-electron chi connectivity index (χ3n) is 3.64. The van der Waals surface area contributed by atoms with E-state index in [1.165, 1.54) is 11.1 Å². The molecule has 6 heteroatoms. The largest absolute Gasteiger partial charge is 0.295 e. The highest BCUT2D eigenvalue weighted by Crippen LogP contribution is 2.33. The maximum Gasteiger partial charge on any atom is 0.231 e. The number of nitrogens with one attached hydrogen (secondary N) is 2. The van der Waals surface area contributed by atoms with Crippen LogP contribution >= 0.6 is 0 Å². The SMILES string of the molecule is CC1=CC(=O)CC(C)(C)C1.CC1=CC(=O)CC(C)(C)C1.N=C=O.N=C=O. The second-order valence-electron chi connectivity index (χ2n) is 8.15. The monoisotopic (exact) mass is 362 g/mol. The Hall–Kier alpha value is -2.42. The number of carbonyl (C=O) groups excluding carboxylic acids is 4. The summed E-state index contributed by atoms with van der Waals surface area (Å²) in [5.74, 6) is 0.572. The summed E-state index contributed by atoms with van der Waals surface area (Å²) >= 11 is 0. The van der Waals surface area contributed by atoms with Crippen molar-refractivity contribution in [3.8, 4) is 0 Å². The van der Waals surface area contributed by atoms with Crippen LogP contribution in [0, 0.1) is 21.6 Å². The Balaban J connectivity index is 0. The fourth-order valence-corrected chi connectivity index (χ4v) is 3.33. The van der Waals surface area contributed by atoms with Gasteiger partial charge in [-0.05, 0) is 49.7 Å². The number of rotatable bonds is 0. The Bertz CT molecular complexity index is 572. The molecule has 0 heterocycles. The lowest BCUT2D eigenvalue weighted by Crippen LogP contribution is -2.20. The molecule has 0 radical (unpaired) electrons. The average Bonchev–Trinajstić information content (AvgIpc) is 2.34. The Labute approximate surface area is 155 Å². The van der Waals surface area contributed by atoms with Crippen molar-refractivity contribution in [3.63, 3.8) is 0 Å². The highest BCUT2D eigenvalue weighted by Gasteiger charge is 2.26. The molecule has 0 spiro atoms.